The standard InChI is InChI=1S/C8H8ClNO3S/c1-5(11)6-2-7(9)4-8(3-6)14(10,12)13/h2-4H,1H3,(H2,10,12,13). The molecular weight excluding hydrogens is 226 g/mol. The number of rotatable bonds is 2. The Balaban J connectivity index is 3.43. The molecule has 0 fully saturated rings. The van der Waals surface area contributed by atoms with Gasteiger partial charge in [-0.2, -0.15) is 0 Å². The fourth-order valence-electron chi connectivity index (χ4n) is 0.930. The van der Waals surface area contributed by atoms with E-state index in [0.29, 0.717) is 0 Å². The van der Waals surface area contributed by atoms with E-state index in [1.54, 1.807) is 0 Å². The van der Waals surface area contributed by atoms with Crippen molar-refractivity contribution in [3.63, 3.8) is 0 Å². The number of ketones is 1. The average Bonchev–Trinajstić information content (AvgIpc) is 2.01. The van der Waals surface area contributed by atoms with Crippen molar-refractivity contribution in [2.75, 3.05) is 0 Å². The van der Waals surface area contributed by atoms with Gasteiger partial charge in [0, 0.05) is 10.6 Å². The number of nitrogens with two attached hydrogens (primary N) is 1. The van der Waals surface area contributed by atoms with Crippen LogP contribution in [0.5, 0.6) is 0 Å². The summed E-state index contributed by atoms with van der Waals surface area (Å²) in [5, 5.41) is 5.07. The molecule has 0 aliphatic carbocycles. The molecule has 0 heterocycles. The molecule has 0 spiro atoms. The van der Waals surface area contributed by atoms with Gasteiger partial charge in [-0.3, -0.25) is 4.79 Å². The van der Waals surface area contributed by atoms with Crippen LogP contribution in [0.2, 0.25) is 5.02 Å². The van der Waals surface area contributed by atoms with Crippen molar-refractivity contribution in [3.8, 4) is 0 Å². The highest BCUT2D eigenvalue weighted by molar-refractivity contribution is 7.89. The number of Topliss-reactive ketones (excluding diaryl/α,β-unsaturated/α-hetero) is 1. The summed E-state index contributed by atoms with van der Waals surface area (Å²) in [6.45, 7) is 1.32. The van der Waals surface area contributed by atoms with Gasteiger partial charge < -0.3 is 0 Å². The van der Waals surface area contributed by atoms with Crippen molar-refractivity contribution < 1.29 is 13.2 Å². The van der Waals surface area contributed by atoms with E-state index in [4.69, 9.17) is 16.7 Å². The molecule has 0 aliphatic rings. The Kier molecular flexibility index (Phi) is 2.94. The minimum atomic E-state index is -3.82. The maximum atomic E-state index is 11.0. The number of hydrogen-bond acceptors (Lipinski definition) is 3. The summed E-state index contributed by atoms with van der Waals surface area (Å²) in [7, 11) is -3.82. The van der Waals surface area contributed by atoms with Crippen LogP contribution in [0.1, 0.15) is 17.3 Å². The fourth-order valence-corrected chi connectivity index (χ4v) is 1.81. The van der Waals surface area contributed by atoms with Crippen molar-refractivity contribution in [1.82, 2.24) is 0 Å². The Morgan fingerprint density at radius 3 is 2.36 bits per heavy atom. The lowest BCUT2D eigenvalue weighted by Gasteiger charge is -2.01. The second-order valence-electron chi connectivity index (χ2n) is 2.78. The van der Waals surface area contributed by atoms with Gasteiger partial charge in [0.05, 0.1) is 4.90 Å². The molecule has 4 nitrogen and oxygen atoms in total. The normalized spacial score (nSPS) is 11.4. The van der Waals surface area contributed by atoms with Crippen LogP contribution in [0.3, 0.4) is 0 Å². The van der Waals surface area contributed by atoms with E-state index in [0.717, 1.165) is 0 Å². The van der Waals surface area contributed by atoms with Crippen molar-refractivity contribution in [2.24, 2.45) is 5.14 Å². The molecule has 1 rings (SSSR count). The summed E-state index contributed by atoms with van der Waals surface area (Å²) in [5.41, 5.74) is 0.224. The predicted molar refractivity (Wildman–Crippen MR) is 52.8 cm³/mol. The smallest absolute Gasteiger partial charge is 0.238 e. The third kappa shape index (κ3) is 2.54. The Hall–Kier alpha value is -0.910. The molecule has 2 N–H and O–H groups in total. The van der Waals surface area contributed by atoms with Gasteiger partial charge in [0.25, 0.3) is 0 Å². The molecule has 0 amide bonds. The van der Waals surface area contributed by atoms with E-state index in [-0.39, 0.29) is 21.3 Å². The summed E-state index contributed by atoms with van der Waals surface area (Å²) in [6, 6.07) is 3.78. The molecular formula is C8H8ClNO3S. The zero-order valence-electron chi connectivity index (χ0n) is 7.32. The summed E-state index contributed by atoms with van der Waals surface area (Å²) in [5.74, 6) is -0.266. The molecule has 0 aliphatic heterocycles. The highest BCUT2D eigenvalue weighted by atomic mass is 35.5. The Labute approximate surface area is 86.7 Å². The molecule has 0 unspecified atom stereocenters. The first kappa shape index (κ1) is 11.2. The number of benzene rings is 1. The molecule has 14 heavy (non-hydrogen) atoms. The van der Waals surface area contributed by atoms with E-state index in [9.17, 15) is 13.2 Å². The molecule has 6 heteroatoms. The molecule has 0 atom stereocenters. The fraction of sp³-hybridized carbons (Fsp3) is 0.125. The second-order valence-corrected chi connectivity index (χ2v) is 4.77. The lowest BCUT2D eigenvalue weighted by Crippen LogP contribution is -2.12. The van der Waals surface area contributed by atoms with Crippen molar-refractivity contribution in [3.05, 3.63) is 28.8 Å². The third-order valence-electron chi connectivity index (χ3n) is 1.61. The van der Waals surface area contributed by atoms with Crippen LogP contribution in [0.25, 0.3) is 0 Å². The lowest BCUT2D eigenvalue weighted by molar-refractivity contribution is 0.101. The topological polar surface area (TPSA) is 77.2 Å². The minimum Gasteiger partial charge on any atom is -0.295 e. The monoisotopic (exact) mass is 233 g/mol. The van der Waals surface area contributed by atoms with Crippen LogP contribution in [-0.4, -0.2) is 14.2 Å². The Morgan fingerprint density at radius 2 is 1.93 bits per heavy atom. The maximum absolute atomic E-state index is 11.0. The third-order valence-corrected chi connectivity index (χ3v) is 2.72. The van der Waals surface area contributed by atoms with Crippen molar-refractivity contribution >= 4 is 27.4 Å². The highest BCUT2D eigenvalue weighted by Crippen LogP contribution is 2.18. The van der Waals surface area contributed by atoms with Crippen LogP contribution < -0.4 is 5.14 Å². The van der Waals surface area contributed by atoms with Gasteiger partial charge in [0.15, 0.2) is 5.78 Å². The molecule has 1 aromatic rings. The van der Waals surface area contributed by atoms with Gasteiger partial charge in [-0.15, -0.1) is 0 Å². The quantitative estimate of drug-likeness (QED) is 0.780. The molecule has 0 radical (unpaired) electrons. The van der Waals surface area contributed by atoms with Gasteiger partial charge in [0.1, 0.15) is 0 Å². The van der Waals surface area contributed by atoms with Gasteiger partial charge in [-0.05, 0) is 25.1 Å². The Bertz CT molecular complexity index is 481. The number of hydrogen-bond donors (Lipinski definition) is 1. The largest absolute Gasteiger partial charge is 0.295 e. The van der Waals surface area contributed by atoms with Crippen LogP contribution in [0.4, 0.5) is 0 Å². The summed E-state index contributed by atoms with van der Waals surface area (Å²) in [4.78, 5) is 10.8. The maximum Gasteiger partial charge on any atom is 0.238 e. The van der Waals surface area contributed by atoms with E-state index in [1.807, 2.05) is 0 Å². The minimum absolute atomic E-state index is 0.157. The van der Waals surface area contributed by atoms with E-state index < -0.39 is 10.0 Å². The lowest BCUT2D eigenvalue weighted by atomic mass is 10.1. The Morgan fingerprint density at radius 1 is 1.36 bits per heavy atom. The number of carbonyl (C=O) groups excluding carboxylic acids is 1. The summed E-state index contributed by atoms with van der Waals surface area (Å²) in [6.07, 6.45) is 0. The molecule has 76 valence electrons. The summed E-state index contributed by atoms with van der Waals surface area (Å²) >= 11 is 5.63. The molecule has 0 bridgehead atoms. The molecule has 0 saturated heterocycles. The van der Waals surface area contributed by atoms with Crippen LogP contribution >= 0.6 is 11.6 Å². The van der Waals surface area contributed by atoms with E-state index in [2.05, 4.69) is 0 Å². The van der Waals surface area contributed by atoms with Gasteiger partial charge >= 0.3 is 0 Å². The van der Waals surface area contributed by atoms with Crippen molar-refractivity contribution in [1.29, 1.82) is 0 Å². The zero-order chi connectivity index (χ0) is 10.9. The first-order valence-electron chi connectivity index (χ1n) is 3.65. The number of carbonyl (C=O) groups is 1. The van der Waals surface area contributed by atoms with Gasteiger partial charge in [0.2, 0.25) is 10.0 Å². The van der Waals surface area contributed by atoms with E-state index >= 15 is 0 Å². The molecule has 0 saturated carbocycles. The number of halogens is 1. The molecule has 0 aromatic heterocycles. The first-order valence-corrected chi connectivity index (χ1v) is 5.57. The summed E-state index contributed by atoms with van der Waals surface area (Å²) < 4.78 is 21.9. The zero-order valence-corrected chi connectivity index (χ0v) is 8.89. The predicted octanol–water partition coefficient (Wildman–Crippen LogP) is 1.19. The average molecular weight is 234 g/mol. The van der Waals surface area contributed by atoms with Crippen molar-refractivity contribution in [2.45, 2.75) is 11.8 Å². The number of sulfonamides is 1. The molecule has 1 aromatic carbocycles. The SMILES string of the molecule is CC(=O)c1cc(Cl)cc(S(N)(=O)=O)c1. The van der Waals surface area contributed by atoms with Crippen LogP contribution in [-0.2, 0) is 10.0 Å². The highest BCUT2D eigenvalue weighted by Gasteiger charge is 2.11. The number of primary sulfonamides is 1. The van der Waals surface area contributed by atoms with Gasteiger partial charge in [-0.1, -0.05) is 11.6 Å². The van der Waals surface area contributed by atoms with Crippen LogP contribution in [0.15, 0.2) is 23.1 Å². The first-order chi connectivity index (χ1) is 6.30. The second kappa shape index (κ2) is 3.68. The van der Waals surface area contributed by atoms with Crippen LogP contribution in [0, 0.1) is 0 Å². The van der Waals surface area contributed by atoms with E-state index in [1.165, 1.54) is 25.1 Å². The van der Waals surface area contributed by atoms with Gasteiger partial charge in [-0.25, -0.2) is 13.6 Å².